The van der Waals surface area contributed by atoms with Gasteiger partial charge >= 0.3 is 0 Å². The molecule has 1 N–H and O–H groups in total. The molecular weight excluding hydrogens is 392 g/mol. The zero-order valence-corrected chi connectivity index (χ0v) is 17.6. The van der Waals surface area contributed by atoms with Gasteiger partial charge in [0, 0.05) is 35.9 Å². The number of halogens is 2. The molecule has 0 unspecified atom stereocenters. The molecular formula is C22H25F2N3OS. The average Bonchev–Trinajstić information content (AvgIpc) is 2.98. The van der Waals surface area contributed by atoms with E-state index in [1.165, 1.54) is 23.9 Å². The normalized spacial score (nSPS) is 11.4. The fourth-order valence-corrected chi connectivity index (χ4v) is 4.36. The van der Waals surface area contributed by atoms with Gasteiger partial charge in [-0.25, -0.2) is 13.8 Å². The van der Waals surface area contributed by atoms with Crippen molar-refractivity contribution in [3.63, 3.8) is 0 Å². The van der Waals surface area contributed by atoms with Gasteiger partial charge in [0.15, 0.2) is 0 Å². The molecule has 0 spiro atoms. The van der Waals surface area contributed by atoms with Crippen molar-refractivity contribution in [2.45, 2.75) is 56.0 Å². The fourth-order valence-electron chi connectivity index (χ4n) is 3.13. The van der Waals surface area contributed by atoms with E-state index in [1.54, 1.807) is 6.20 Å². The SMILES string of the molecule is Cc1ncccc1Cn1c(CCCO)nc(C(C)C)c1Sc1cc(F)cc(F)c1. The van der Waals surface area contributed by atoms with E-state index in [-0.39, 0.29) is 12.5 Å². The molecule has 0 aliphatic rings. The summed E-state index contributed by atoms with van der Waals surface area (Å²) in [6.45, 7) is 6.69. The van der Waals surface area contributed by atoms with Crippen molar-refractivity contribution in [2.24, 2.45) is 0 Å². The second kappa shape index (κ2) is 9.50. The molecule has 0 aliphatic carbocycles. The van der Waals surface area contributed by atoms with E-state index in [1.807, 2.05) is 32.9 Å². The van der Waals surface area contributed by atoms with Crippen molar-refractivity contribution in [1.29, 1.82) is 0 Å². The Hall–Kier alpha value is -2.25. The summed E-state index contributed by atoms with van der Waals surface area (Å²) in [5.41, 5.74) is 2.86. The van der Waals surface area contributed by atoms with Crippen LogP contribution in [0.3, 0.4) is 0 Å². The Kier molecular flexibility index (Phi) is 7.03. The van der Waals surface area contributed by atoms with Crippen LogP contribution in [0.15, 0.2) is 46.5 Å². The number of imidazole rings is 1. The van der Waals surface area contributed by atoms with Gasteiger partial charge in [0.25, 0.3) is 0 Å². The monoisotopic (exact) mass is 417 g/mol. The molecule has 0 radical (unpaired) electrons. The first-order valence-corrected chi connectivity index (χ1v) is 10.4. The number of aliphatic hydroxyl groups is 1. The lowest BCUT2D eigenvalue weighted by Gasteiger charge is -2.14. The molecule has 0 bridgehead atoms. The molecule has 0 fully saturated rings. The standard InChI is InChI=1S/C22H25F2N3OS/c1-14(2)21-22(29-19-11-17(23)10-18(24)12-19)27(20(26-21)7-5-9-28)13-16-6-4-8-25-15(16)3/h4,6,8,10-12,14,28H,5,7,9,13H2,1-3H3. The Morgan fingerprint density at radius 2 is 1.90 bits per heavy atom. The maximum atomic E-state index is 13.8. The highest BCUT2D eigenvalue weighted by Crippen LogP contribution is 2.36. The summed E-state index contributed by atoms with van der Waals surface area (Å²) in [5.74, 6) is -0.216. The maximum absolute atomic E-state index is 13.8. The molecule has 154 valence electrons. The molecule has 2 aromatic heterocycles. The lowest BCUT2D eigenvalue weighted by molar-refractivity contribution is 0.287. The highest BCUT2D eigenvalue weighted by molar-refractivity contribution is 7.99. The highest BCUT2D eigenvalue weighted by atomic mass is 32.2. The number of aromatic nitrogens is 3. The number of rotatable bonds is 8. The summed E-state index contributed by atoms with van der Waals surface area (Å²) in [4.78, 5) is 9.69. The van der Waals surface area contributed by atoms with Gasteiger partial charge in [-0.15, -0.1) is 0 Å². The molecule has 7 heteroatoms. The summed E-state index contributed by atoms with van der Waals surface area (Å²) in [7, 11) is 0. The van der Waals surface area contributed by atoms with Crippen LogP contribution in [0.2, 0.25) is 0 Å². The van der Waals surface area contributed by atoms with Gasteiger partial charge in [-0.2, -0.15) is 0 Å². The van der Waals surface area contributed by atoms with Crippen LogP contribution in [-0.2, 0) is 13.0 Å². The third-order valence-corrected chi connectivity index (χ3v) is 5.72. The summed E-state index contributed by atoms with van der Waals surface area (Å²) in [6.07, 6.45) is 2.97. The number of nitrogens with zero attached hydrogens (tertiary/aromatic N) is 3. The minimum atomic E-state index is -0.603. The average molecular weight is 418 g/mol. The van der Waals surface area contributed by atoms with Gasteiger partial charge in [0.1, 0.15) is 22.5 Å². The van der Waals surface area contributed by atoms with E-state index in [4.69, 9.17) is 4.98 Å². The Balaban J connectivity index is 2.09. The minimum absolute atomic E-state index is 0.0768. The van der Waals surface area contributed by atoms with E-state index >= 15 is 0 Å². The highest BCUT2D eigenvalue weighted by Gasteiger charge is 2.21. The molecule has 29 heavy (non-hydrogen) atoms. The lowest BCUT2D eigenvalue weighted by atomic mass is 10.1. The van der Waals surface area contributed by atoms with E-state index in [0.717, 1.165) is 33.9 Å². The number of aryl methyl sites for hydroxylation is 2. The van der Waals surface area contributed by atoms with Crippen molar-refractivity contribution in [3.05, 3.63) is 70.9 Å². The fraction of sp³-hybridized carbons (Fsp3) is 0.364. The number of hydrogen-bond acceptors (Lipinski definition) is 4. The Bertz CT molecular complexity index is 968. The van der Waals surface area contributed by atoms with Crippen molar-refractivity contribution in [2.75, 3.05) is 6.61 Å². The summed E-state index contributed by atoms with van der Waals surface area (Å²) in [5, 5.41) is 10.2. The topological polar surface area (TPSA) is 50.9 Å². The predicted octanol–water partition coefficient (Wildman–Crippen LogP) is 5.11. The molecule has 0 saturated carbocycles. The van der Waals surface area contributed by atoms with Crippen LogP contribution >= 0.6 is 11.8 Å². The second-order valence-electron chi connectivity index (χ2n) is 7.24. The smallest absolute Gasteiger partial charge is 0.127 e. The first-order chi connectivity index (χ1) is 13.9. The van der Waals surface area contributed by atoms with Gasteiger partial charge in [0.2, 0.25) is 0 Å². The zero-order valence-electron chi connectivity index (χ0n) is 16.8. The van der Waals surface area contributed by atoms with Crippen LogP contribution < -0.4 is 0 Å². The van der Waals surface area contributed by atoms with Crippen molar-refractivity contribution in [1.82, 2.24) is 14.5 Å². The van der Waals surface area contributed by atoms with Gasteiger partial charge in [0.05, 0.1) is 12.2 Å². The van der Waals surface area contributed by atoms with Gasteiger partial charge in [-0.1, -0.05) is 31.7 Å². The van der Waals surface area contributed by atoms with E-state index in [0.29, 0.717) is 24.3 Å². The van der Waals surface area contributed by atoms with E-state index < -0.39 is 11.6 Å². The van der Waals surface area contributed by atoms with E-state index in [2.05, 4.69) is 9.55 Å². The molecule has 3 aromatic rings. The second-order valence-corrected chi connectivity index (χ2v) is 8.30. The number of benzene rings is 1. The van der Waals surface area contributed by atoms with Crippen molar-refractivity contribution < 1.29 is 13.9 Å². The quantitative estimate of drug-likeness (QED) is 0.553. The van der Waals surface area contributed by atoms with Gasteiger partial charge < -0.3 is 9.67 Å². The third-order valence-electron chi connectivity index (χ3n) is 4.63. The Labute approximate surface area is 174 Å². The molecule has 4 nitrogen and oxygen atoms in total. The van der Waals surface area contributed by atoms with Crippen molar-refractivity contribution >= 4 is 11.8 Å². The van der Waals surface area contributed by atoms with Crippen LogP contribution in [0.1, 0.15) is 49.0 Å². The number of aliphatic hydroxyl groups excluding tert-OH is 1. The Morgan fingerprint density at radius 3 is 2.52 bits per heavy atom. The van der Waals surface area contributed by atoms with Crippen molar-refractivity contribution in [3.8, 4) is 0 Å². The number of pyridine rings is 1. The minimum Gasteiger partial charge on any atom is -0.396 e. The van der Waals surface area contributed by atoms with Crippen LogP contribution in [0.4, 0.5) is 8.78 Å². The maximum Gasteiger partial charge on any atom is 0.127 e. The van der Waals surface area contributed by atoms with Crippen LogP contribution in [0.5, 0.6) is 0 Å². The van der Waals surface area contributed by atoms with Crippen LogP contribution in [0, 0.1) is 18.6 Å². The summed E-state index contributed by atoms with van der Waals surface area (Å²) in [6, 6.07) is 7.44. The first-order valence-electron chi connectivity index (χ1n) is 9.63. The molecule has 1 aromatic carbocycles. The lowest BCUT2D eigenvalue weighted by Crippen LogP contribution is -2.09. The van der Waals surface area contributed by atoms with Gasteiger partial charge in [-0.3, -0.25) is 4.98 Å². The van der Waals surface area contributed by atoms with Crippen LogP contribution in [0.25, 0.3) is 0 Å². The first kappa shape index (κ1) is 21.5. The molecule has 2 heterocycles. The van der Waals surface area contributed by atoms with E-state index in [9.17, 15) is 13.9 Å². The van der Waals surface area contributed by atoms with Gasteiger partial charge in [-0.05, 0) is 43.0 Å². The molecule has 3 rings (SSSR count). The Morgan fingerprint density at radius 1 is 1.17 bits per heavy atom. The molecule has 0 amide bonds. The third kappa shape index (κ3) is 5.22. The summed E-state index contributed by atoms with van der Waals surface area (Å²) >= 11 is 1.31. The number of hydrogen-bond donors (Lipinski definition) is 1. The largest absolute Gasteiger partial charge is 0.396 e. The zero-order chi connectivity index (χ0) is 21.0. The van der Waals surface area contributed by atoms with Crippen LogP contribution in [-0.4, -0.2) is 26.2 Å². The molecule has 0 aliphatic heterocycles. The summed E-state index contributed by atoms with van der Waals surface area (Å²) < 4.78 is 29.6. The molecule has 0 saturated heterocycles. The predicted molar refractivity (Wildman–Crippen MR) is 110 cm³/mol. The molecule has 0 atom stereocenters.